The van der Waals surface area contributed by atoms with Crippen LogP contribution in [0.3, 0.4) is 0 Å². The normalized spacial score (nSPS) is 10.6. The van der Waals surface area contributed by atoms with Crippen LogP contribution in [-0.4, -0.2) is 36.0 Å². The van der Waals surface area contributed by atoms with Crippen LogP contribution in [0.2, 0.25) is 0 Å². The number of aromatic carboxylic acids is 1. The van der Waals surface area contributed by atoms with Crippen LogP contribution in [0, 0.1) is 0 Å². The average molecular weight is 408 g/mol. The van der Waals surface area contributed by atoms with E-state index in [2.05, 4.69) is 6.58 Å². The molecular weight excluding hydrogens is 384 g/mol. The monoisotopic (exact) mass is 408 g/mol. The molecule has 1 N–H and O–H groups in total. The van der Waals surface area contributed by atoms with Gasteiger partial charge in [0.25, 0.3) is 0 Å². The van der Waals surface area contributed by atoms with Gasteiger partial charge in [-0.15, -0.1) is 0 Å². The Morgan fingerprint density at radius 3 is 2.13 bits per heavy atom. The van der Waals surface area contributed by atoms with Crippen molar-refractivity contribution in [2.45, 2.75) is 19.8 Å². The summed E-state index contributed by atoms with van der Waals surface area (Å²) in [5.41, 5.74) is 1.78. The minimum absolute atomic E-state index is 0.138. The van der Waals surface area contributed by atoms with Gasteiger partial charge >= 0.3 is 11.9 Å². The summed E-state index contributed by atoms with van der Waals surface area (Å²) in [7, 11) is 0. The number of carbonyl (C=O) groups is 3. The van der Waals surface area contributed by atoms with Crippen molar-refractivity contribution in [2.75, 3.05) is 13.2 Å². The summed E-state index contributed by atoms with van der Waals surface area (Å²) in [5.74, 6) is -0.908. The van der Waals surface area contributed by atoms with Gasteiger partial charge in [-0.2, -0.15) is 0 Å². The first kappa shape index (κ1) is 22.6. The molecule has 30 heavy (non-hydrogen) atoms. The molecule has 0 saturated carbocycles. The second-order valence-electron chi connectivity index (χ2n) is 6.62. The van der Waals surface area contributed by atoms with Crippen molar-refractivity contribution in [3.8, 4) is 5.75 Å². The number of carbonyl (C=O) groups excluding carboxylic acids is 2. The maximum absolute atomic E-state index is 12.2. The standard InChI is InChI=1S/C24H24O6/c1-17(2)24(28)30-16-4-3-15-29-21-12-5-18(6-13-21)7-14-22(25)19-8-10-20(11-9-19)23(26)27/h5-14H,1,3-4,15-16H2,2H3,(H,26,27). The lowest BCUT2D eigenvalue weighted by Crippen LogP contribution is -2.07. The third-order valence-corrected chi connectivity index (χ3v) is 4.11. The van der Waals surface area contributed by atoms with Crippen molar-refractivity contribution in [3.63, 3.8) is 0 Å². The molecule has 0 aliphatic heterocycles. The van der Waals surface area contributed by atoms with E-state index in [1.807, 2.05) is 24.3 Å². The zero-order valence-electron chi connectivity index (χ0n) is 16.8. The second kappa shape index (κ2) is 11.4. The zero-order valence-corrected chi connectivity index (χ0v) is 16.8. The Labute approximate surface area is 175 Å². The number of esters is 1. The number of carboxylic acid groups (broad SMARTS) is 1. The molecule has 0 spiro atoms. The molecule has 2 aromatic carbocycles. The van der Waals surface area contributed by atoms with Crippen molar-refractivity contribution < 1.29 is 29.0 Å². The van der Waals surface area contributed by atoms with Gasteiger partial charge in [0, 0.05) is 11.1 Å². The molecule has 0 unspecified atom stereocenters. The summed E-state index contributed by atoms with van der Waals surface area (Å²) in [6.45, 7) is 5.98. The fourth-order valence-corrected chi connectivity index (χ4v) is 2.40. The van der Waals surface area contributed by atoms with E-state index in [1.54, 1.807) is 13.0 Å². The highest BCUT2D eigenvalue weighted by molar-refractivity contribution is 6.07. The number of ether oxygens (including phenoxy) is 2. The Morgan fingerprint density at radius 2 is 1.53 bits per heavy atom. The van der Waals surface area contributed by atoms with Crippen LogP contribution in [0.25, 0.3) is 6.08 Å². The van der Waals surface area contributed by atoms with Gasteiger partial charge in [-0.1, -0.05) is 36.9 Å². The van der Waals surface area contributed by atoms with E-state index >= 15 is 0 Å². The summed E-state index contributed by atoms with van der Waals surface area (Å²) in [4.78, 5) is 34.3. The van der Waals surface area contributed by atoms with E-state index in [4.69, 9.17) is 14.6 Å². The van der Waals surface area contributed by atoms with Crippen LogP contribution in [0.1, 0.15) is 46.0 Å². The van der Waals surface area contributed by atoms with E-state index < -0.39 is 5.97 Å². The first-order valence-corrected chi connectivity index (χ1v) is 9.48. The van der Waals surface area contributed by atoms with Crippen LogP contribution >= 0.6 is 0 Å². The Morgan fingerprint density at radius 1 is 0.933 bits per heavy atom. The SMILES string of the molecule is C=C(C)C(=O)OCCCCOc1ccc(C=CC(=O)c2ccc(C(=O)O)cc2)cc1. The van der Waals surface area contributed by atoms with Gasteiger partial charge < -0.3 is 14.6 Å². The van der Waals surface area contributed by atoms with Gasteiger partial charge in [-0.3, -0.25) is 4.79 Å². The van der Waals surface area contributed by atoms with Crippen LogP contribution < -0.4 is 4.74 Å². The van der Waals surface area contributed by atoms with Crippen LogP contribution in [0.15, 0.2) is 66.8 Å². The van der Waals surface area contributed by atoms with Crippen molar-refractivity contribution in [1.82, 2.24) is 0 Å². The van der Waals surface area contributed by atoms with Gasteiger partial charge in [0.1, 0.15) is 5.75 Å². The highest BCUT2D eigenvalue weighted by Gasteiger charge is 2.05. The molecule has 0 fully saturated rings. The number of allylic oxidation sites excluding steroid dienone is 1. The molecule has 0 amide bonds. The van der Waals surface area contributed by atoms with Crippen LogP contribution in [-0.2, 0) is 9.53 Å². The highest BCUT2D eigenvalue weighted by atomic mass is 16.5. The lowest BCUT2D eigenvalue weighted by atomic mass is 10.1. The summed E-state index contributed by atoms with van der Waals surface area (Å²) in [5, 5.41) is 8.89. The second-order valence-corrected chi connectivity index (χ2v) is 6.62. The summed E-state index contributed by atoms with van der Waals surface area (Å²) >= 11 is 0. The third kappa shape index (κ3) is 7.39. The highest BCUT2D eigenvalue weighted by Crippen LogP contribution is 2.14. The van der Waals surface area contributed by atoms with E-state index in [0.717, 1.165) is 12.0 Å². The predicted octanol–water partition coefficient (Wildman–Crippen LogP) is 4.56. The average Bonchev–Trinajstić information content (AvgIpc) is 2.75. The number of rotatable bonds is 11. The van der Waals surface area contributed by atoms with Gasteiger partial charge in [-0.05, 0) is 55.7 Å². The smallest absolute Gasteiger partial charge is 0.335 e. The molecule has 2 rings (SSSR count). The van der Waals surface area contributed by atoms with Gasteiger partial charge in [-0.25, -0.2) is 9.59 Å². The molecule has 6 nitrogen and oxygen atoms in total. The first-order valence-electron chi connectivity index (χ1n) is 9.48. The number of hydrogen-bond acceptors (Lipinski definition) is 5. The largest absolute Gasteiger partial charge is 0.494 e. The van der Waals surface area contributed by atoms with E-state index in [0.29, 0.717) is 36.5 Å². The maximum Gasteiger partial charge on any atom is 0.335 e. The van der Waals surface area contributed by atoms with Crippen molar-refractivity contribution >= 4 is 23.8 Å². The molecule has 0 atom stereocenters. The van der Waals surface area contributed by atoms with Crippen molar-refractivity contribution in [2.24, 2.45) is 0 Å². The fraction of sp³-hybridized carbons (Fsp3) is 0.208. The van der Waals surface area contributed by atoms with Gasteiger partial charge in [0.15, 0.2) is 5.78 Å². The van der Waals surface area contributed by atoms with E-state index in [-0.39, 0.29) is 17.3 Å². The lowest BCUT2D eigenvalue weighted by Gasteiger charge is -2.07. The molecule has 6 heteroatoms. The molecule has 0 saturated heterocycles. The Bertz CT molecular complexity index is 923. The zero-order chi connectivity index (χ0) is 21.9. The topological polar surface area (TPSA) is 89.9 Å². The Hall–Kier alpha value is -3.67. The number of benzene rings is 2. The molecule has 0 bridgehead atoms. The number of carboxylic acids is 1. The minimum atomic E-state index is -1.03. The van der Waals surface area contributed by atoms with E-state index in [9.17, 15) is 14.4 Å². The third-order valence-electron chi connectivity index (χ3n) is 4.11. The molecule has 156 valence electrons. The summed E-state index contributed by atoms with van der Waals surface area (Å²) in [6.07, 6.45) is 4.58. The summed E-state index contributed by atoms with van der Waals surface area (Å²) in [6, 6.07) is 13.1. The first-order chi connectivity index (χ1) is 14.4. The Balaban J connectivity index is 1.75. The lowest BCUT2D eigenvalue weighted by molar-refractivity contribution is -0.139. The molecule has 2 aromatic rings. The molecule has 0 aromatic heterocycles. The molecule has 0 radical (unpaired) electrons. The molecular formula is C24H24O6. The van der Waals surface area contributed by atoms with Crippen LogP contribution in [0.4, 0.5) is 0 Å². The summed E-state index contributed by atoms with van der Waals surface area (Å²) < 4.78 is 10.7. The number of hydrogen-bond donors (Lipinski definition) is 1. The van der Waals surface area contributed by atoms with Crippen LogP contribution in [0.5, 0.6) is 5.75 Å². The quantitative estimate of drug-likeness (QED) is 0.254. The fourth-order valence-electron chi connectivity index (χ4n) is 2.40. The van der Waals surface area contributed by atoms with Crippen molar-refractivity contribution in [3.05, 3.63) is 83.4 Å². The van der Waals surface area contributed by atoms with Gasteiger partial charge in [0.2, 0.25) is 0 Å². The Kier molecular flexibility index (Phi) is 8.56. The van der Waals surface area contributed by atoms with Crippen molar-refractivity contribution in [1.29, 1.82) is 0 Å². The number of unbranched alkanes of at least 4 members (excludes halogenated alkanes) is 1. The predicted molar refractivity (Wildman–Crippen MR) is 114 cm³/mol. The number of ketones is 1. The molecule has 0 aliphatic carbocycles. The van der Waals surface area contributed by atoms with E-state index in [1.165, 1.54) is 30.3 Å². The minimum Gasteiger partial charge on any atom is -0.494 e. The molecule has 0 aliphatic rings. The van der Waals surface area contributed by atoms with Gasteiger partial charge in [0.05, 0.1) is 18.8 Å². The maximum atomic E-state index is 12.2. The molecule has 0 heterocycles.